The highest BCUT2D eigenvalue weighted by atomic mass is 32.1. The third kappa shape index (κ3) is 2.74. The van der Waals surface area contributed by atoms with E-state index in [2.05, 4.69) is 18.8 Å². The molecule has 0 unspecified atom stereocenters. The van der Waals surface area contributed by atoms with Crippen LogP contribution >= 0.6 is 11.3 Å². The van der Waals surface area contributed by atoms with Crippen LogP contribution in [0.5, 0.6) is 0 Å². The summed E-state index contributed by atoms with van der Waals surface area (Å²) in [5.41, 5.74) is 1.14. The molecule has 2 saturated heterocycles. The smallest absolute Gasteiger partial charge is 0.228 e. The lowest BCUT2D eigenvalue weighted by Gasteiger charge is -2.33. The number of aryl methyl sites for hydroxylation is 2. The number of amides is 1. The number of carbonyl (C=O) groups excluding carboxylic acids is 1. The first-order valence-electron chi connectivity index (χ1n) is 7.45. The monoisotopic (exact) mass is 294 g/mol. The second kappa shape index (κ2) is 5.82. The summed E-state index contributed by atoms with van der Waals surface area (Å²) < 4.78 is 5.34. The van der Waals surface area contributed by atoms with Gasteiger partial charge in [0.25, 0.3) is 0 Å². The van der Waals surface area contributed by atoms with E-state index >= 15 is 0 Å². The van der Waals surface area contributed by atoms with Gasteiger partial charge in [0.2, 0.25) is 5.91 Å². The second-order valence-corrected chi connectivity index (χ2v) is 7.11. The largest absolute Gasteiger partial charge is 0.381 e. The van der Waals surface area contributed by atoms with Crippen molar-refractivity contribution in [1.29, 1.82) is 0 Å². The van der Waals surface area contributed by atoms with Gasteiger partial charge in [0.1, 0.15) is 0 Å². The Hall–Kier alpha value is -0.940. The van der Waals surface area contributed by atoms with Crippen LogP contribution in [0.2, 0.25) is 0 Å². The van der Waals surface area contributed by atoms with Crippen molar-refractivity contribution in [2.45, 2.75) is 39.0 Å². The molecule has 2 aliphatic rings. The van der Waals surface area contributed by atoms with Crippen LogP contribution in [0, 0.1) is 19.8 Å². The number of rotatable bonds is 2. The minimum absolute atomic E-state index is 0.0912. The Kier molecular flexibility index (Phi) is 4.08. The SMILES string of the molecule is Cc1nc([C@@H]2CCCN(C(=O)[C@@H]3CCOC3)C2)sc1C. The summed E-state index contributed by atoms with van der Waals surface area (Å²) in [6, 6.07) is 0. The van der Waals surface area contributed by atoms with Gasteiger partial charge in [-0.25, -0.2) is 4.98 Å². The fourth-order valence-corrected chi connectivity index (χ4v) is 4.09. The number of hydrogen-bond donors (Lipinski definition) is 0. The molecule has 0 saturated carbocycles. The Morgan fingerprint density at radius 2 is 2.25 bits per heavy atom. The van der Waals surface area contributed by atoms with Crippen LogP contribution < -0.4 is 0 Å². The van der Waals surface area contributed by atoms with E-state index in [-0.39, 0.29) is 11.8 Å². The lowest BCUT2D eigenvalue weighted by atomic mass is 9.97. The van der Waals surface area contributed by atoms with Crippen LogP contribution in [0.1, 0.15) is 40.8 Å². The number of hydrogen-bond acceptors (Lipinski definition) is 4. The highest BCUT2D eigenvalue weighted by Crippen LogP contribution is 2.32. The van der Waals surface area contributed by atoms with Gasteiger partial charge >= 0.3 is 0 Å². The van der Waals surface area contributed by atoms with Crippen molar-refractivity contribution in [3.05, 3.63) is 15.6 Å². The first-order chi connectivity index (χ1) is 9.65. The molecule has 110 valence electrons. The van der Waals surface area contributed by atoms with Crippen LogP contribution in [0.25, 0.3) is 0 Å². The van der Waals surface area contributed by atoms with Crippen molar-refractivity contribution in [3.8, 4) is 0 Å². The van der Waals surface area contributed by atoms with E-state index in [0.717, 1.165) is 44.7 Å². The van der Waals surface area contributed by atoms with E-state index < -0.39 is 0 Å². The van der Waals surface area contributed by atoms with E-state index in [1.54, 1.807) is 11.3 Å². The van der Waals surface area contributed by atoms with Crippen molar-refractivity contribution in [2.75, 3.05) is 26.3 Å². The van der Waals surface area contributed by atoms with Crippen LogP contribution in [-0.2, 0) is 9.53 Å². The van der Waals surface area contributed by atoms with E-state index in [9.17, 15) is 4.79 Å². The van der Waals surface area contributed by atoms with Crippen LogP contribution in [0.3, 0.4) is 0 Å². The van der Waals surface area contributed by atoms with Gasteiger partial charge in [-0.3, -0.25) is 4.79 Å². The number of aromatic nitrogens is 1. The standard InChI is InChI=1S/C15H22N2O2S/c1-10-11(2)20-14(16-10)12-4-3-6-17(8-12)15(18)13-5-7-19-9-13/h12-13H,3-9H2,1-2H3/t12-,13-/m1/s1. The maximum absolute atomic E-state index is 12.5. The number of piperidine rings is 1. The Bertz CT molecular complexity index is 475. The number of likely N-dealkylation sites (tertiary alicyclic amines) is 1. The number of ether oxygens (including phenoxy) is 1. The molecule has 4 nitrogen and oxygen atoms in total. The summed E-state index contributed by atoms with van der Waals surface area (Å²) in [5, 5.41) is 1.21. The summed E-state index contributed by atoms with van der Waals surface area (Å²) in [4.78, 5) is 20.5. The third-order valence-corrected chi connectivity index (χ3v) is 5.64. The highest BCUT2D eigenvalue weighted by molar-refractivity contribution is 7.11. The molecule has 5 heteroatoms. The van der Waals surface area contributed by atoms with Crippen LogP contribution in [-0.4, -0.2) is 42.1 Å². The predicted molar refractivity (Wildman–Crippen MR) is 79.1 cm³/mol. The first-order valence-corrected chi connectivity index (χ1v) is 8.27. The molecule has 2 fully saturated rings. The minimum Gasteiger partial charge on any atom is -0.381 e. The lowest BCUT2D eigenvalue weighted by molar-refractivity contribution is -0.136. The van der Waals surface area contributed by atoms with Gasteiger partial charge in [-0.2, -0.15) is 0 Å². The topological polar surface area (TPSA) is 42.4 Å². The Morgan fingerprint density at radius 1 is 1.40 bits per heavy atom. The van der Waals surface area contributed by atoms with E-state index in [1.807, 2.05) is 4.90 Å². The summed E-state index contributed by atoms with van der Waals surface area (Å²) >= 11 is 1.79. The zero-order chi connectivity index (χ0) is 14.1. The number of thiazole rings is 1. The van der Waals surface area contributed by atoms with Crippen molar-refractivity contribution in [1.82, 2.24) is 9.88 Å². The Balaban J connectivity index is 1.68. The van der Waals surface area contributed by atoms with Crippen LogP contribution in [0.4, 0.5) is 0 Å². The first kappa shape index (κ1) is 14.0. The molecule has 0 aliphatic carbocycles. The fourth-order valence-electron chi connectivity index (χ4n) is 3.04. The van der Waals surface area contributed by atoms with E-state index in [0.29, 0.717) is 12.5 Å². The molecule has 0 spiro atoms. The van der Waals surface area contributed by atoms with Gasteiger partial charge in [0, 0.05) is 30.5 Å². The van der Waals surface area contributed by atoms with Gasteiger partial charge in [-0.15, -0.1) is 11.3 Å². The molecule has 20 heavy (non-hydrogen) atoms. The van der Waals surface area contributed by atoms with Gasteiger partial charge in [-0.1, -0.05) is 0 Å². The molecule has 2 aliphatic heterocycles. The van der Waals surface area contributed by atoms with Crippen molar-refractivity contribution < 1.29 is 9.53 Å². The zero-order valence-electron chi connectivity index (χ0n) is 12.2. The summed E-state index contributed by atoms with van der Waals surface area (Å²) in [6.45, 7) is 7.26. The normalized spacial score (nSPS) is 27.0. The molecule has 1 amide bonds. The molecule has 3 rings (SSSR count). The van der Waals surface area contributed by atoms with E-state index in [4.69, 9.17) is 4.74 Å². The molecular weight excluding hydrogens is 272 g/mol. The number of carbonyl (C=O) groups is 1. The van der Waals surface area contributed by atoms with Crippen molar-refractivity contribution >= 4 is 17.2 Å². The molecular formula is C15H22N2O2S. The van der Waals surface area contributed by atoms with Gasteiger partial charge in [-0.05, 0) is 33.1 Å². The van der Waals surface area contributed by atoms with Crippen molar-refractivity contribution in [3.63, 3.8) is 0 Å². The molecule has 1 aromatic rings. The van der Waals surface area contributed by atoms with Crippen LogP contribution in [0.15, 0.2) is 0 Å². The molecule has 1 aromatic heterocycles. The second-order valence-electron chi connectivity index (χ2n) is 5.88. The predicted octanol–water partition coefficient (Wildman–Crippen LogP) is 2.50. The fraction of sp³-hybridized carbons (Fsp3) is 0.733. The average molecular weight is 294 g/mol. The van der Waals surface area contributed by atoms with Gasteiger partial charge in [0.05, 0.1) is 23.2 Å². The molecule has 0 aromatic carbocycles. The maximum Gasteiger partial charge on any atom is 0.228 e. The molecule has 3 heterocycles. The lowest BCUT2D eigenvalue weighted by Crippen LogP contribution is -2.42. The highest BCUT2D eigenvalue weighted by Gasteiger charge is 2.32. The zero-order valence-corrected chi connectivity index (χ0v) is 13.0. The van der Waals surface area contributed by atoms with Gasteiger partial charge < -0.3 is 9.64 Å². The van der Waals surface area contributed by atoms with Gasteiger partial charge in [0.15, 0.2) is 0 Å². The average Bonchev–Trinajstić information content (AvgIpc) is 3.09. The molecule has 2 atom stereocenters. The minimum atomic E-state index is 0.0912. The quantitative estimate of drug-likeness (QED) is 0.841. The Labute approximate surface area is 124 Å². The molecule has 0 bridgehead atoms. The number of nitrogens with zero attached hydrogens (tertiary/aromatic N) is 2. The summed E-state index contributed by atoms with van der Waals surface area (Å²) in [7, 11) is 0. The summed E-state index contributed by atoms with van der Waals surface area (Å²) in [5.74, 6) is 0.804. The molecule has 0 radical (unpaired) electrons. The van der Waals surface area contributed by atoms with Crippen molar-refractivity contribution in [2.24, 2.45) is 5.92 Å². The Morgan fingerprint density at radius 3 is 2.90 bits per heavy atom. The summed E-state index contributed by atoms with van der Waals surface area (Å²) in [6.07, 6.45) is 3.12. The maximum atomic E-state index is 12.5. The van der Waals surface area contributed by atoms with E-state index in [1.165, 1.54) is 9.88 Å². The third-order valence-electron chi connectivity index (χ3n) is 4.41. The molecule has 0 N–H and O–H groups in total.